The summed E-state index contributed by atoms with van der Waals surface area (Å²) in [5.74, 6) is -1.09. The fourth-order valence-electron chi connectivity index (χ4n) is 3.39. The Morgan fingerprint density at radius 2 is 1.61 bits per heavy atom. The molecular weight excluding hydrogens is 404 g/mol. The highest BCUT2D eigenvalue weighted by Crippen LogP contribution is 2.36. The zero-order valence-corrected chi connectivity index (χ0v) is 16.5. The molecule has 1 aliphatic rings. The molecule has 0 aromatic heterocycles. The Bertz CT molecular complexity index is 1120. The van der Waals surface area contributed by atoms with Crippen molar-refractivity contribution in [3.8, 4) is 5.75 Å². The highest BCUT2D eigenvalue weighted by molar-refractivity contribution is 7.92. The summed E-state index contributed by atoms with van der Waals surface area (Å²) in [6, 6.07) is 9.20. The lowest BCUT2D eigenvalue weighted by Crippen LogP contribution is -2.32. The molecule has 0 atom stereocenters. The maximum atomic E-state index is 12.5. The Balaban J connectivity index is 1.89. The minimum atomic E-state index is -4.53. The number of primary sulfonamides is 1. The van der Waals surface area contributed by atoms with Crippen molar-refractivity contribution in [1.82, 2.24) is 4.72 Å². The van der Waals surface area contributed by atoms with E-state index < -0.39 is 35.7 Å². The van der Waals surface area contributed by atoms with Gasteiger partial charge in [0.25, 0.3) is 15.9 Å². The third kappa shape index (κ3) is 4.18. The summed E-state index contributed by atoms with van der Waals surface area (Å²) in [4.78, 5) is 11.1. The smallest absolute Gasteiger partial charge is 0.268 e. The van der Waals surface area contributed by atoms with Gasteiger partial charge in [0.15, 0.2) is 0 Å². The van der Waals surface area contributed by atoms with Gasteiger partial charge in [0, 0.05) is 0 Å². The van der Waals surface area contributed by atoms with E-state index in [1.54, 1.807) is 10.8 Å². The van der Waals surface area contributed by atoms with Crippen molar-refractivity contribution in [2.24, 2.45) is 5.14 Å². The van der Waals surface area contributed by atoms with Crippen LogP contribution in [0, 0.1) is 0 Å². The second-order valence-electron chi connectivity index (χ2n) is 6.68. The Morgan fingerprint density at radius 1 is 1.00 bits per heavy atom. The summed E-state index contributed by atoms with van der Waals surface area (Å²) in [5, 5.41) is 15.3. The number of rotatable bonds is 5. The lowest BCUT2D eigenvalue weighted by Gasteiger charge is -2.13. The van der Waals surface area contributed by atoms with Gasteiger partial charge in [-0.2, -0.15) is 0 Å². The molecule has 0 radical (unpaired) electrons. The van der Waals surface area contributed by atoms with Crippen LogP contribution in [-0.4, -0.2) is 27.8 Å². The quantitative estimate of drug-likeness (QED) is 0.668. The van der Waals surface area contributed by atoms with E-state index in [0.29, 0.717) is 5.92 Å². The lowest BCUT2D eigenvalue weighted by molar-refractivity contribution is 0.0978. The molecule has 0 bridgehead atoms. The summed E-state index contributed by atoms with van der Waals surface area (Å²) >= 11 is 0. The Labute approximate surface area is 163 Å². The van der Waals surface area contributed by atoms with Gasteiger partial charge in [0.1, 0.15) is 15.5 Å². The van der Waals surface area contributed by atoms with Crippen LogP contribution >= 0.6 is 0 Å². The van der Waals surface area contributed by atoms with Gasteiger partial charge >= 0.3 is 0 Å². The van der Waals surface area contributed by atoms with Gasteiger partial charge < -0.3 is 5.11 Å². The third-order valence-electron chi connectivity index (χ3n) is 4.77. The van der Waals surface area contributed by atoms with E-state index in [1.165, 1.54) is 24.3 Å². The van der Waals surface area contributed by atoms with Gasteiger partial charge in [-0.05, 0) is 48.6 Å². The first kappa shape index (κ1) is 20.3. The molecule has 8 nitrogen and oxygen atoms in total. The number of carbonyl (C=O) groups is 1. The molecule has 0 spiro atoms. The van der Waals surface area contributed by atoms with Crippen molar-refractivity contribution >= 4 is 26.0 Å². The number of sulfonamides is 2. The van der Waals surface area contributed by atoms with Crippen LogP contribution in [0.4, 0.5) is 0 Å². The first-order valence-corrected chi connectivity index (χ1v) is 11.6. The average molecular weight is 425 g/mol. The molecule has 0 unspecified atom stereocenters. The molecule has 1 fully saturated rings. The number of nitrogens with two attached hydrogens (primary N) is 1. The van der Waals surface area contributed by atoms with E-state index in [9.17, 15) is 26.7 Å². The van der Waals surface area contributed by atoms with Crippen LogP contribution in [0.1, 0.15) is 47.5 Å². The van der Waals surface area contributed by atoms with Gasteiger partial charge in [-0.15, -0.1) is 0 Å². The number of amides is 1. The summed E-state index contributed by atoms with van der Waals surface area (Å²) in [6.45, 7) is 0. The standard InChI is InChI=1S/C18H20N2O6S2/c19-27(23,24)16-7-3-4-8-17(16)28(25,26)20-18(22)14-10-9-13(11-15(14)21)12-5-1-2-6-12/h3-4,7-12,21H,1-2,5-6H2,(H,20,22)(H2,19,23,24). The van der Waals surface area contributed by atoms with Crippen LogP contribution < -0.4 is 9.86 Å². The highest BCUT2D eigenvalue weighted by atomic mass is 32.2. The number of phenolic OH excluding ortho intramolecular Hbond substituents is 1. The van der Waals surface area contributed by atoms with E-state index in [2.05, 4.69) is 0 Å². The molecule has 28 heavy (non-hydrogen) atoms. The summed E-state index contributed by atoms with van der Waals surface area (Å²) in [6.07, 6.45) is 4.22. The van der Waals surface area contributed by atoms with E-state index >= 15 is 0 Å². The maximum absolute atomic E-state index is 12.5. The molecule has 1 saturated carbocycles. The highest BCUT2D eigenvalue weighted by Gasteiger charge is 2.27. The van der Waals surface area contributed by atoms with Crippen molar-refractivity contribution in [2.75, 3.05) is 0 Å². The minimum absolute atomic E-state index is 0.224. The average Bonchev–Trinajstić information content (AvgIpc) is 3.15. The fraction of sp³-hybridized carbons (Fsp3) is 0.278. The van der Waals surface area contributed by atoms with E-state index in [4.69, 9.17) is 5.14 Å². The van der Waals surface area contributed by atoms with Crippen molar-refractivity contribution in [1.29, 1.82) is 0 Å². The molecule has 150 valence electrons. The monoisotopic (exact) mass is 424 g/mol. The molecule has 0 heterocycles. The second-order valence-corrected chi connectivity index (χ2v) is 9.87. The number of hydrogen-bond acceptors (Lipinski definition) is 6. The van der Waals surface area contributed by atoms with Gasteiger partial charge in [-0.25, -0.2) is 26.7 Å². The molecule has 2 aromatic rings. The van der Waals surface area contributed by atoms with Crippen molar-refractivity contribution < 1.29 is 26.7 Å². The minimum Gasteiger partial charge on any atom is -0.507 e. The lowest BCUT2D eigenvalue weighted by atomic mass is 9.96. The fourth-order valence-corrected chi connectivity index (χ4v) is 5.74. The summed E-state index contributed by atoms with van der Waals surface area (Å²) < 4.78 is 50.1. The predicted molar refractivity (Wildman–Crippen MR) is 102 cm³/mol. The SMILES string of the molecule is NS(=O)(=O)c1ccccc1S(=O)(=O)NC(=O)c1ccc(C2CCCC2)cc1O. The zero-order valence-electron chi connectivity index (χ0n) is 14.8. The number of phenols is 1. The molecule has 4 N–H and O–H groups in total. The number of hydrogen-bond donors (Lipinski definition) is 3. The maximum Gasteiger partial charge on any atom is 0.268 e. The molecule has 10 heteroatoms. The van der Waals surface area contributed by atoms with Gasteiger partial charge in [0.2, 0.25) is 10.0 Å². The van der Waals surface area contributed by atoms with Crippen molar-refractivity contribution in [3.63, 3.8) is 0 Å². The number of aromatic hydroxyl groups is 1. The molecule has 0 aliphatic heterocycles. The number of benzene rings is 2. The Kier molecular flexibility index (Phi) is 5.46. The van der Waals surface area contributed by atoms with Crippen LogP contribution in [0.25, 0.3) is 0 Å². The van der Waals surface area contributed by atoms with Crippen LogP contribution in [0.15, 0.2) is 52.3 Å². The van der Waals surface area contributed by atoms with Gasteiger partial charge in [0.05, 0.1) is 5.56 Å². The molecule has 2 aromatic carbocycles. The van der Waals surface area contributed by atoms with E-state index in [1.807, 2.05) is 0 Å². The van der Waals surface area contributed by atoms with Crippen LogP contribution in [0.2, 0.25) is 0 Å². The predicted octanol–water partition coefficient (Wildman–Crippen LogP) is 1.82. The van der Waals surface area contributed by atoms with Crippen LogP contribution in [0.5, 0.6) is 5.75 Å². The molecule has 1 aliphatic carbocycles. The zero-order chi connectivity index (χ0) is 20.5. The normalized spacial score (nSPS) is 15.5. The van der Waals surface area contributed by atoms with Gasteiger partial charge in [-0.3, -0.25) is 4.79 Å². The van der Waals surface area contributed by atoms with Crippen LogP contribution in [0.3, 0.4) is 0 Å². The molecular formula is C18H20N2O6S2. The first-order valence-electron chi connectivity index (χ1n) is 8.61. The Morgan fingerprint density at radius 3 is 2.18 bits per heavy atom. The topological polar surface area (TPSA) is 144 Å². The van der Waals surface area contributed by atoms with Crippen molar-refractivity contribution in [2.45, 2.75) is 41.4 Å². The van der Waals surface area contributed by atoms with E-state index in [0.717, 1.165) is 43.4 Å². The van der Waals surface area contributed by atoms with Crippen molar-refractivity contribution in [3.05, 3.63) is 53.6 Å². The molecule has 3 rings (SSSR count). The summed E-state index contributed by atoms with van der Waals surface area (Å²) in [7, 11) is -8.85. The molecule has 0 saturated heterocycles. The Hall–Kier alpha value is -2.43. The first-order chi connectivity index (χ1) is 13.1. The number of nitrogens with one attached hydrogen (secondary N) is 1. The molecule has 1 amide bonds. The second kappa shape index (κ2) is 7.53. The van der Waals surface area contributed by atoms with E-state index in [-0.39, 0.29) is 11.3 Å². The number of carbonyl (C=O) groups excluding carboxylic acids is 1. The van der Waals surface area contributed by atoms with Crippen LogP contribution in [-0.2, 0) is 20.0 Å². The third-order valence-corrected chi connectivity index (χ3v) is 7.25. The largest absolute Gasteiger partial charge is 0.507 e. The summed E-state index contributed by atoms with van der Waals surface area (Å²) in [5.41, 5.74) is 0.674. The van der Waals surface area contributed by atoms with Gasteiger partial charge in [-0.1, -0.05) is 31.0 Å².